The minimum Gasteiger partial charge on any atom is -0.397 e. The summed E-state index contributed by atoms with van der Waals surface area (Å²) >= 11 is 0. The number of hydrogen-bond acceptors (Lipinski definition) is 3. The highest BCUT2D eigenvalue weighted by molar-refractivity contribution is 5.96. The Hall–Kier alpha value is -2.49. The van der Waals surface area contributed by atoms with E-state index in [9.17, 15) is 4.79 Å². The third-order valence-corrected chi connectivity index (χ3v) is 3.46. The summed E-state index contributed by atoms with van der Waals surface area (Å²) in [5.74, 6) is -0.120. The van der Waals surface area contributed by atoms with Gasteiger partial charge in [0.15, 0.2) is 0 Å². The van der Waals surface area contributed by atoms with Crippen molar-refractivity contribution in [2.45, 2.75) is 19.9 Å². The largest absolute Gasteiger partial charge is 0.397 e. The maximum Gasteiger partial charge on any atom is 0.251 e. The Morgan fingerprint density at radius 3 is 2.38 bits per heavy atom. The first-order valence-electron chi connectivity index (χ1n) is 7.07. The summed E-state index contributed by atoms with van der Waals surface area (Å²) in [7, 11) is 1.61. The average Bonchev–Trinajstić information content (AvgIpc) is 2.53. The molecule has 2 aromatic carbocycles. The summed E-state index contributed by atoms with van der Waals surface area (Å²) in [5, 5.41) is 5.89. The molecule has 0 heterocycles. The lowest BCUT2D eigenvalue weighted by Gasteiger charge is -2.11. The number of hydrogen-bond donors (Lipinski definition) is 3. The molecule has 0 aliphatic heterocycles. The minimum atomic E-state index is -0.120. The van der Waals surface area contributed by atoms with Crippen molar-refractivity contribution in [2.75, 3.05) is 18.1 Å². The van der Waals surface area contributed by atoms with Crippen molar-refractivity contribution in [1.29, 1.82) is 0 Å². The van der Waals surface area contributed by atoms with Crippen LogP contribution >= 0.6 is 0 Å². The van der Waals surface area contributed by atoms with Crippen molar-refractivity contribution in [2.24, 2.45) is 0 Å². The number of benzene rings is 2. The minimum absolute atomic E-state index is 0.120. The van der Waals surface area contributed by atoms with Gasteiger partial charge >= 0.3 is 0 Å². The van der Waals surface area contributed by atoms with Crippen LogP contribution in [0.1, 0.15) is 28.4 Å². The molecule has 0 fully saturated rings. The van der Waals surface area contributed by atoms with Gasteiger partial charge in [0, 0.05) is 19.2 Å². The van der Waals surface area contributed by atoms with Gasteiger partial charge in [-0.1, -0.05) is 31.2 Å². The number of rotatable bonds is 5. The van der Waals surface area contributed by atoms with Crippen LogP contribution in [0.4, 0.5) is 11.4 Å². The average molecular weight is 283 g/mol. The van der Waals surface area contributed by atoms with E-state index >= 15 is 0 Å². The monoisotopic (exact) mass is 283 g/mol. The van der Waals surface area contributed by atoms with Gasteiger partial charge in [-0.15, -0.1) is 0 Å². The molecule has 1 amide bonds. The first-order chi connectivity index (χ1) is 10.1. The van der Waals surface area contributed by atoms with Crippen molar-refractivity contribution in [1.82, 2.24) is 5.32 Å². The van der Waals surface area contributed by atoms with Gasteiger partial charge in [0.05, 0.1) is 11.4 Å². The fourth-order valence-electron chi connectivity index (χ4n) is 2.09. The van der Waals surface area contributed by atoms with Crippen LogP contribution < -0.4 is 16.4 Å². The lowest BCUT2D eigenvalue weighted by atomic mass is 10.1. The highest BCUT2D eigenvalue weighted by Crippen LogP contribution is 2.21. The molecule has 0 saturated heterocycles. The van der Waals surface area contributed by atoms with Crippen LogP contribution in [0, 0.1) is 0 Å². The van der Waals surface area contributed by atoms with Crippen molar-refractivity contribution >= 4 is 17.3 Å². The van der Waals surface area contributed by atoms with Gasteiger partial charge in [0.1, 0.15) is 0 Å². The van der Waals surface area contributed by atoms with Gasteiger partial charge in [-0.2, -0.15) is 0 Å². The number of nitrogens with one attached hydrogen (secondary N) is 2. The summed E-state index contributed by atoms with van der Waals surface area (Å²) in [5.41, 5.74) is 10.4. The lowest BCUT2D eigenvalue weighted by molar-refractivity contribution is 0.0963. The van der Waals surface area contributed by atoms with E-state index in [4.69, 9.17) is 5.73 Å². The highest BCUT2D eigenvalue weighted by Gasteiger charge is 2.06. The molecule has 0 radical (unpaired) electrons. The predicted molar refractivity (Wildman–Crippen MR) is 87.4 cm³/mol. The van der Waals surface area contributed by atoms with Crippen LogP contribution in [0.15, 0.2) is 42.5 Å². The molecule has 0 spiro atoms. The van der Waals surface area contributed by atoms with E-state index < -0.39 is 0 Å². The van der Waals surface area contributed by atoms with Crippen LogP contribution in [0.2, 0.25) is 0 Å². The molecule has 4 heteroatoms. The standard InChI is InChI=1S/C17H21N3O/c1-3-12-4-6-13(7-5-12)11-20-16-10-14(17(21)19-2)8-9-15(16)18/h4-10,20H,3,11,18H2,1-2H3,(H,19,21). The molecule has 0 aromatic heterocycles. The molecule has 0 aliphatic carbocycles. The zero-order chi connectivity index (χ0) is 15.2. The Labute approximate surface area is 125 Å². The first-order valence-corrected chi connectivity index (χ1v) is 7.07. The fourth-order valence-corrected chi connectivity index (χ4v) is 2.09. The van der Waals surface area contributed by atoms with E-state index in [1.54, 1.807) is 25.2 Å². The zero-order valence-electron chi connectivity index (χ0n) is 12.4. The summed E-state index contributed by atoms with van der Waals surface area (Å²) in [4.78, 5) is 11.6. The number of nitrogen functional groups attached to an aromatic ring is 1. The molecule has 0 aliphatic rings. The number of carbonyl (C=O) groups is 1. The maximum atomic E-state index is 11.6. The first kappa shape index (κ1) is 14.9. The smallest absolute Gasteiger partial charge is 0.251 e. The van der Waals surface area contributed by atoms with E-state index in [2.05, 4.69) is 41.8 Å². The number of carbonyl (C=O) groups excluding carboxylic acids is 1. The van der Waals surface area contributed by atoms with Crippen molar-refractivity contribution in [3.63, 3.8) is 0 Å². The van der Waals surface area contributed by atoms with Crippen LogP contribution in [-0.4, -0.2) is 13.0 Å². The second kappa shape index (κ2) is 6.79. The molecular weight excluding hydrogens is 262 g/mol. The van der Waals surface area contributed by atoms with Gasteiger partial charge in [0.2, 0.25) is 0 Å². The Bertz CT molecular complexity index is 620. The van der Waals surface area contributed by atoms with E-state index in [-0.39, 0.29) is 5.91 Å². The molecule has 110 valence electrons. The summed E-state index contributed by atoms with van der Waals surface area (Å²) < 4.78 is 0. The molecule has 0 saturated carbocycles. The Morgan fingerprint density at radius 2 is 1.76 bits per heavy atom. The topological polar surface area (TPSA) is 67.2 Å². The van der Waals surface area contributed by atoms with Crippen LogP contribution in [0.25, 0.3) is 0 Å². The quantitative estimate of drug-likeness (QED) is 0.739. The lowest BCUT2D eigenvalue weighted by Crippen LogP contribution is -2.18. The maximum absolute atomic E-state index is 11.6. The Morgan fingerprint density at radius 1 is 1.10 bits per heavy atom. The van der Waals surface area contributed by atoms with Crippen LogP contribution in [0.5, 0.6) is 0 Å². The van der Waals surface area contributed by atoms with E-state index in [0.717, 1.165) is 12.1 Å². The second-order valence-corrected chi connectivity index (χ2v) is 4.90. The van der Waals surface area contributed by atoms with E-state index in [0.29, 0.717) is 17.8 Å². The van der Waals surface area contributed by atoms with Gasteiger partial charge < -0.3 is 16.4 Å². The Kier molecular flexibility index (Phi) is 4.82. The van der Waals surface area contributed by atoms with E-state index in [1.165, 1.54) is 11.1 Å². The number of amides is 1. The predicted octanol–water partition coefficient (Wildman–Crippen LogP) is 2.80. The summed E-state index contributed by atoms with van der Waals surface area (Å²) in [6, 6.07) is 13.7. The highest BCUT2D eigenvalue weighted by atomic mass is 16.1. The fraction of sp³-hybridized carbons (Fsp3) is 0.235. The molecular formula is C17H21N3O. The number of nitrogens with two attached hydrogens (primary N) is 1. The molecule has 2 aromatic rings. The van der Waals surface area contributed by atoms with Gasteiger partial charge in [-0.25, -0.2) is 0 Å². The van der Waals surface area contributed by atoms with E-state index in [1.807, 2.05) is 0 Å². The third-order valence-electron chi connectivity index (χ3n) is 3.46. The number of aryl methyl sites for hydroxylation is 1. The van der Waals surface area contributed by atoms with Crippen LogP contribution in [-0.2, 0) is 13.0 Å². The molecule has 4 nitrogen and oxygen atoms in total. The van der Waals surface area contributed by atoms with Gasteiger partial charge in [-0.3, -0.25) is 4.79 Å². The summed E-state index contributed by atoms with van der Waals surface area (Å²) in [6.45, 7) is 2.81. The molecule has 0 bridgehead atoms. The number of anilines is 2. The molecule has 0 atom stereocenters. The van der Waals surface area contributed by atoms with Crippen LogP contribution in [0.3, 0.4) is 0 Å². The normalized spacial score (nSPS) is 10.2. The molecule has 21 heavy (non-hydrogen) atoms. The third kappa shape index (κ3) is 3.75. The van der Waals surface area contributed by atoms with Gasteiger partial charge in [0.25, 0.3) is 5.91 Å². The van der Waals surface area contributed by atoms with Crippen molar-refractivity contribution in [3.05, 3.63) is 59.2 Å². The molecule has 0 unspecified atom stereocenters. The molecule has 4 N–H and O–H groups in total. The Balaban J connectivity index is 2.09. The van der Waals surface area contributed by atoms with Gasteiger partial charge in [-0.05, 0) is 35.7 Å². The van der Waals surface area contributed by atoms with Crippen molar-refractivity contribution < 1.29 is 4.79 Å². The summed E-state index contributed by atoms with van der Waals surface area (Å²) in [6.07, 6.45) is 1.04. The zero-order valence-corrected chi connectivity index (χ0v) is 12.4. The SMILES string of the molecule is CCc1ccc(CNc2cc(C(=O)NC)ccc2N)cc1. The van der Waals surface area contributed by atoms with Crippen molar-refractivity contribution in [3.8, 4) is 0 Å². The second-order valence-electron chi connectivity index (χ2n) is 4.90. The molecule has 2 rings (SSSR count).